The second kappa shape index (κ2) is 6.92. The van der Waals surface area contributed by atoms with Gasteiger partial charge in [0.05, 0.1) is 10.3 Å². The first-order chi connectivity index (χ1) is 9.93. The Labute approximate surface area is 138 Å². The summed E-state index contributed by atoms with van der Waals surface area (Å²) in [4.78, 5) is 27.9. The van der Waals surface area contributed by atoms with Crippen LogP contribution in [-0.4, -0.2) is 28.8 Å². The quantitative estimate of drug-likeness (QED) is 0.862. The SMILES string of the molecule is CCCC1NC(=O)C(C(C)C)N(Cc2ccc(Br)s2)C1=O. The fraction of sp³-hybridized carbons (Fsp3) is 0.600. The molecule has 0 spiro atoms. The van der Waals surface area contributed by atoms with Gasteiger partial charge in [-0.25, -0.2) is 0 Å². The Hall–Kier alpha value is -0.880. The number of nitrogens with one attached hydrogen (secondary N) is 1. The highest BCUT2D eigenvalue weighted by Crippen LogP contribution is 2.27. The van der Waals surface area contributed by atoms with Crippen molar-refractivity contribution >= 4 is 39.1 Å². The molecule has 1 aliphatic rings. The van der Waals surface area contributed by atoms with Crippen LogP contribution in [0.3, 0.4) is 0 Å². The van der Waals surface area contributed by atoms with E-state index in [0.717, 1.165) is 15.1 Å². The van der Waals surface area contributed by atoms with Crippen molar-refractivity contribution in [2.75, 3.05) is 0 Å². The van der Waals surface area contributed by atoms with Gasteiger partial charge >= 0.3 is 0 Å². The largest absolute Gasteiger partial charge is 0.342 e. The zero-order valence-corrected chi connectivity index (χ0v) is 15.0. The summed E-state index contributed by atoms with van der Waals surface area (Å²) in [6.45, 7) is 6.49. The van der Waals surface area contributed by atoms with Crippen molar-refractivity contribution in [3.05, 3.63) is 20.8 Å². The van der Waals surface area contributed by atoms with Crippen LogP contribution < -0.4 is 5.32 Å². The molecule has 0 bridgehead atoms. The van der Waals surface area contributed by atoms with E-state index in [1.165, 1.54) is 0 Å². The van der Waals surface area contributed by atoms with Crippen LogP contribution in [0.15, 0.2) is 15.9 Å². The molecule has 0 aromatic carbocycles. The molecule has 1 saturated heterocycles. The molecule has 1 fully saturated rings. The molecular weight excluding hydrogens is 352 g/mol. The van der Waals surface area contributed by atoms with Crippen molar-refractivity contribution < 1.29 is 9.59 Å². The summed E-state index contributed by atoms with van der Waals surface area (Å²) in [6.07, 6.45) is 1.57. The van der Waals surface area contributed by atoms with E-state index < -0.39 is 0 Å². The van der Waals surface area contributed by atoms with Crippen molar-refractivity contribution in [2.45, 2.75) is 52.2 Å². The zero-order chi connectivity index (χ0) is 15.6. The average Bonchev–Trinajstić information content (AvgIpc) is 2.80. The molecule has 2 rings (SSSR count). The van der Waals surface area contributed by atoms with Crippen LogP contribution >= 0.6 is 27.3 Å². The number of rotatable bonds is 5. The highest BCUT2D eigenvalue weighted by molar-refractivity contribution is 9.11. The molecule has 1 N–H and O–H groups in total. The van der Waals surface area contributed by atoms with Crippen molar-refractivity contribution in [1.82, 2.24) is 10.2 Å². The predicted molar refractivity (Wildman–Crippen MR) is 88.0 cm³/mol. The molecule has 0 saturated carbocycles. The molecular formula is C15H21BrN2O2S. The third-order valence-electron chi connectivity index (χ3n) is 3.67. The lowest BCUT2D eigenvalue weighted by Crippen LogP contribution is -2.64. The molecule has 116 valence electrons. The number of nitrogens with zero attached hydrogens (tertiary/aromatic N) is 1. The summed E-state index contributed by atoms with van der Waals surface area (Å²) in [5, 5.41) is 2.88. The fourth-order valence-electron chi connectivity index (χ4n) is 2.73. The first-order valence-electron chi connectivity index (χ1n) is 7.29. The number of amides is 2. The summed E-state index contributed by atoms with van der Waals surface area (Å²) in [5.41, 5.74) is 0. The highest BCUT2D eigenvalue weighted by atomic mass is 79.9. The summed E-state index contributed by atoms with van der Waals surface area (Å²) in [6, 6.07) is 3.22. The highest BCUT2D eigenvalue weighted by Gasteiger charge is 2.41. The van der Waals surface area contributed by atoms with Crippen LogP contribution in [0.4, 0.5) is 0 Å². The predicted octanol–water partition coefficient (Wildman–Crippen LogP) is 3.16. The number of thiophene rings is 1. The Morgan fingerprint density at radius 2 is 2.10 bits per heavy atom. The van der Waals surface area contributed by atoms with Crippen molar-refractivity contribution in [3.8, 4) is 0 Å². The monoisotopic (exact) mass is 372 g/mol. The third kappa shape index (κ3) is 3.66. The molecule has 2 unspecified atom stereocenters. The third-order valence-corrected chi connectivity index (χ3v) is 5.27. The zero-order valence-electron chi connectivity index (χ0n) is 12.6. The van der Waals surface area contributed by atoms with Crippen LogP contribution in [0.1, 0.15) is 38.5 Å². The molecule has 6 heteroatoms. The number of carbonyl (C=O) groups is 2. The topological polar surface area (TPSA) is 49.4 Å². The van der Waals surface area contributed by atoms with E-state index >= 15 is 0 Å². The van der Waals surface area contributed by atoms with E-state index in [-0.39, 0.29) is 29.8 Å². The lowest BCUT2D eigenvalue weighted by atomic mass is 9.95. The molecule has 1 aliphatic heterocycles. The van der Waals surface area contributed by atoms with Gasteiger partial charge in [-0.15, -0.1) is 11.3 Å². The minimum atomic E-state index is -0.383. The van der Waals surface area contributed by atoms with Crippen LogP contribution in [0, 0.1) is 5.92 Å². The molecule has 4 nitrogen and oxygen atoms in total. The standard InChI is InChI=1S/C15H21BrN2O2S/c1-4-5-11-15(20)18(8-10-6-7-12(16)21-10)13(9(2)3)14(19)17-11/h6-7,9,11,13H,4-5,8H2,1-3H3,(H,17,19). The second-order valence-corrected chi connectivity index (χ2v) is 8.26. The number of halogens is 1. The van der Waals surface area contributed by atoms with Crippen LogP contribution in [0.2, 0.25) is 0 Å². The molecule has 0 radical (unpaired) electrons. The van der Waals surface area contributed by atoms with Gasteiger partial charge in [0.15, 0.2) is 0 Å². The number of hydrogen-bond donors (Lipinski definition) is 1. The van der Waals surface area contributed by atoms with Crippen LogP contribution in [0.5, 0.6) is 0 Å². The van der Waals surface area contributed by atoms with Crippen molar-refractivity contribution in [1.29, 1.82) is 0 Å². The maximum atomic E-state index is 12.7. The van der Waals surface area contributed by atoms with E-state index in [1.807, 2.05) is 32.9 Å². The normalized spacial score (nSPS) is 22.8. The Balaban J connectivity index is 2.25. The summed E-state index contributed by atoms with van der Waals surface area (Å²) < 4.78 is 1.04. The van der Waals surface area contributed by atoms with Gasteiger partial charge in [-0.3, -0.25) is 9.59 Å². The molecule has 0 aliphatic carbocycles. The Morgan fingerprint density at radius 1 is 1.38 bits per heavy atom. The first kappa shape index (κ1) is 16.5. The number of hydrogen-bond acceptors (Lipinski definition) is 3. The maximum Gasteiger partial charge on any atom is 0.246 e. The molecule has 2 heterocycles. The molecule has 2 amide bonds. The van der Waals surface area contributed by atoms with E-state index in [4.69, 9.17) is 0 Å². The second-order valence-electron chi connectivity index (χ2n) is 5.71. The molecule has 21 heavy (non-hydrogen) atoms. The van der Waals surface area contributed by atoms with Gasteiger partial charge in [-0.2, -0.15) is 0 Å². The molecule has 2 atom stereocenters. The van der Waals surface area contributed by atoms with E-state index in [9.17, 15) is 9.59 Å². The van der Waals surface area contributed by atoms with E-state index in [1.54, 1.807) is 16.2 Å². The maximum absolute atomic E-state index is 12.7. The molecule has 1 aromatic heterocycles. The van der Waals surface area contributed by atoms with Gasteiger partial charge in [0, 0.05) is 4.88 Å². The lowest BCUT2D eigenvalue weighted by molar-refractivity contribution is -0.152. The van der Waals surface area contributed by atoms with Gasteiger partial charge in [-0.1, -0.05) is 27.2 Å². The van der Waals surface area contributed by atoms with E-state index in [2.05, 4.69) is 21.2 Å². The number of carbonyl (C=O) groups excluding carboxylic acids is 2. The van der Waals surface area contributed by atoms with Gasteiger partial charge in [0.2, 0.25) is 11.8 Å². The van der Waals surface area contributed by atoms with E-state index in [0.29, 0.717) is 13.0 Å². The van der Waals surface area contributed by atoms with Crippen LogP contribution in [-0.2, 0) is 16.1 Å². The van der Waals surface area contributed by atoms with Gasteiger partial charge in [0.25, 0.3) is 0 Å². The minimum Gasteiger partial charge on any atom is -0.342 e. The average molecular weight is 373 g/mol. The Bertz CT molecular complexity index is 529. The summed E-state index contributed by atoms with van der Waals surface area (Å²) in [7, 11) is 0. The summed E-state index contributed by atoms with van der Waals surface area (Å²) in [5.74, 6) is 0.110. The Morgan fingerprint density at radius 3 is 2.62 bits per heavy atom. The van der Waals surface area contributed by atoms with Crippen molar-refractivity contribution in [3.63, 3.8) is 0 Å². The van der Waals surface area contributed by atoms with Gasteiger partial charge in [-0.05, 0) is 40.4 Å². The number of piperazine rings is 1. The van der Waals surface area contributed by atoms with Gasteiger partial charge < -0.3 is 10.2 Å². The smallest absolute Gasteiger partial charge is 0.246 e. The summed E-state index contributed by atoms with van der Waals surface area (Å²) >= 11 is 5.04. The lowest BCUT2D eigenvalue weighted by Gasteiger charge is -2.40. The minimum absolute atomic E-state index is 0.0290. The fourth-order valence-corrected chi connectivity index (χ4v) is 4.21. The van der Waals surface area contributed by atoms with Crippen LogP contribution in [0.25, 0.3) is 0 Å². The Kier molecular flexibility index (Phi) is 5.43. The van der Waals surface area contributed by atoms with Crippen molar-refractivity contribution in [2.24, 2.45) is 5.92 Å². The first-order valence-corrected chi connectivity index (χ1v) is 8.90. The van der Waals surface area contributed by atoms with Gasteiger partial charge in [0.1, 0.15) is 12.1 Å². The molecule has 1 aromatic rings.